The predicted octanol–water partition coefficient (Wildman–Crippen LogP) is 3.02. The first kappa shape index (κ1) is 18.3. The zero-order chi connectivity index (χ0) is 17.4. The van der Waals surface area contributed by atoms with Gasteiger partial charge in [-0.05, 0) is 28.8 Å². The van der Waals surface area contributed by atoms with Gasteiger partial charge in [0.15, 0.2) is 0 Å². The molecule has 0 fully saturated rings. The van der Waals surface area contributed by atoms with Crippen LogP contribution in [0.1, 0.15) is 22.8 Å². The first-order chi connectivity index (χ1) is 11.6. The van der Waals surface area contributed by atoms with Gasteiger partial charge in [-0.2, -0.15) is 0 Å². The lowest BCUT2D eigenvalue weighted by atomic mass is 10.1. The molecule has 2 amide bonds. The summed E-state index contributed by atoms with van der Waals surface area (Å²) in [4.78, 5) is 11.9. The van der Waals surface area contributed by atoms with Gasteiger partial charge in [0.05, 0.1) is 12.7 Å². The molecule has 5 nitrogen and oxygen atoms in total. The van der Waals surface area contributed by atoms with Crippen molar-refractivity contribution < 1.29 is 14.6 Å². The molecular weight excluding hydrogens is 328 g/mol. The van der Waals surface area contributed by atoms with Gasteiger partial charge in [0.2, 0.25) is 0 Å². The SMILES string of the molecule is CO[C@@H](CNC(=O)NCc1cccc(CO)c1)c1ccc(Cl)cc1. The van der Waals surface area contributed by atoms with Crippen molar-refractivity contribution in [3.05, 3.63) is 70.2 Å². The second-order valence-corrected chi connectivity index (χ2v) is 5.75. The summed E-state index contributed by atoms with van der Waals surface area (Å²) in [6.07, 6.45) is -0.245. The second-order valence-electron chi connectivity index (χ2n) is 5.32. The Kier molecular flexibility index (Phi) is 7.06. The number of nitrogens with one attached hydrogen (secondary N) is 2. The molecule has 0 aromatic heterocycles. The van der Waals surface area contributed by atoms with Crippen LogP contribution in [0.2, 0.25) is 5.02 Å². The molecule has 2 rings (SSSR count). The summed E-state index contributed by atoms with van der Waals surface area (Å²) in [7, 11) is 1.60. The number of halogens is 1. The number of hydrogen-bond acceptors (Lipinski definition) is 3. The number of urea groups is 1. The summed E-state index contributed by atoms with van der Waals surface area (Å²) in [6.45, 7) is 0.718. The van der Waals surface area contributed by atoms with E-state index in [1.165, 1.54) is 0 Å². The van der Waals surface area contributed by atoms with E-state index in [9.17, 15) is 4.79 Å². The molecule has 0 spiro atoms. The summed E-state index contributed by atoms with van der Waals surface area (Å²) in [6, 6.07) is 14.5. The van der Waals surface area contributed by atoms with Crippen LogP contribution in [0.15, 0.2) is 48.5 Å². The first-order valence-electron chi connectivity index (χ1n) is 7.61. The Balaban J connectivity index is 1.82. The molecule has 0 radical (unpaired) electrons. The quantitative estimate of drug-likeness (QED) is 0.720. The number of hydrogen-bond donors (Lipinski definition) is 3. The minimum absolute atomic E-state index is 0.0172. The number of benzene rings is 2. The number of aliphatic hydroxyl groups excluding tert-OH is 1. The molecule has 0 heterocycles. The van der Waals surface area contributed by atoms with E-state index < -0.39 is 0 Å². The fourth-order valence-corrected chi connectivity index (χ4v) is 2.41. The number of amides is 2. The summed E-state index contributed by atoms with van der Waals surface area (Å²) < 4.78 is 5.41. The lowest BCUT2D eigenvalue weighted by molar-refractivity contribution is 0.104. The summed E-state index contributed by atoms with van der Waals surface area (Å²) in [5.74, 6) is 0. The maximum absolute atomic E-state index is 11.9. The number of carbonyl (C=O) groups is 1. The zero-order valence-electron chi connectivity index (χ0n) is 13.5. The van der Waals surface area contributed by atoms with Crippen LogP contribution < -0.4 is 10.6 Å². The van der Waals surface area contributed by atoms with Gasteiger partial charge in [-0.15, -0.1) is 0 Å². The minimum Gasteiger partial charge on any atom is -0.392 e. The highest BCUT2D eigenvalue weighted by atomic mass is 35.5. The molecule has 2 aromatic rings. The summed E-state index contributed by atoms with van der Waals surface area (Å²) in [5, 5.41) is 15.3. The van der Waals surface area contributed by atoms with Crippen molar-refractivity contribution in [3.8, 4) is 0 Å². The monoisotopic (exact) mass is 348 g/mol. The van der Waals surface area contributed by atoms with E-state index in [1.807, 2.05) is 36.4 Å². The van der Waals surface area contributed by atoms with E-state index in [4.69, 9.17) is 21.4 Å². The third-order valence-electron chi connectivity index (χ3n) is 3.60. The van der Waals surface area contributed by atoms with Crippen molar-refractivity contribution in [1.82, 2.24) is 10.6 Å². The predicted molar refractivity (Wildman–Crippen MR) is 93.8 cm³/mol. The van der Waals surface area contributed by atoms with E-state index in [0.717, 1.165) is 16.7 Å². The van der Waals surface area contributed by atoms with Gasteiger partial charge in [0, 0.05) is 25.2 Å². The van der Waals surface area contributed by atoms with Crippen LogP contribution in [0, 0.1) is 0 Å². The normalized spacial score (nSPS) is 11.8. The van der Waals surface area contributed by atoms with Crippen molar-refractivity contribution in [2.75, 3.05) is 13.7 Å². The molecule has 3 N–H and O–H groups in total. The fraction of sp³-hybridized carbons (Fsp3) is 0.278. The molecule has 0 bridgehead atoms. The van der Waals surface area contributed by atoms with Crippen molar-refractivity contribution in [2.24, 2.45) is 0 Å². The number of carbonyl (C=O) groups excluding carboxylic acids is 1. The van der Waals surface area contributed by atoms with Crippen LogP contribution in [0.25, 0.3) is 0 Å². The molecule has 0 saturated heterocycles. The molecule has 6 heteroatoms. The summed E-state index contributed by atoms with van der Waals surface area (Å²) >= 11 is 5.87. The number of aliphatic hydroxyl groups is 1. The number of rotatable bonds is 7. The van der Waals surface area contributed by atoms with Crippen LogP contribution in [-0.4, -0.2) is 24.8 Å². The van der Waals surface area contributed by atoms with Crippen LogP contribution in [-0.2, 0) is 17.9 Å². The largest absolute Gasteiger partial charge is 0.392 e. The van der Waals surface area contributed by atoms with Gasteiger partial charge in [-0.1, -0.05) is 48.0 Å². The van der Waals surface area contributed by atoms with Gasteiger partial charge in [-0.25, -0.2) is 4.79 Å². The highest BCUT2D eigenvalue weighted by Crippen LogP contribution is 2.18. The molecular formula is C18H21ClN2O3. The Labute approximate surface area is 146 Å². The lowest BCUT2D eigenvalue weighted by Gasteiger charge is -2.17. The average molecular weight is 349 g/mol. The second kappa shape index (κ2) is 9.27. The van der Waals surface area contributed by atoms with Crippen LogP contribution in [0.5, 0.6) is 0 Å². The van der Waals surface area contributed by atoms with E-state index in [-0.39, 0.29) is 18.7 Å². The molecule has 128 valence electrons. The van der Waals surface area contributed by atoms with Crippen molar-refractivity contribution in [3.63, 3.8) is 0 Å². The van der Waals surface area contributed by atoms with Gasteiger partial charge < -0.3 is 20.5 Å². The first-order valence-corrected chi connectivity index (χ1v) is 7.99. The molecule has 24 heavy (non-hydrogen) atoms. The van der Waals surface area contributed by atoms with E-state index in [2.05, 4.69) is 10.6 Å². The molecule has 1 atom stereocenters. The zero-order valence-corrected chi connectivity index (χ0v) is 14.2. The van der Waals surface area contributed by atoms with Crippen LogP contribution >= 0.6 is 11.6 Å². The molecule has 0 unspecified atom stereocenters. The van der Waals surface area contributed by atoms with E-state index in [1.54, 1.807) is 19.2 Å². The van der Waals surface area contributed by atoms with Crippen molar-refractivity contribution in [1.29, 1.82) is 0 Å². The highest BCUT2D eigenvalue weighted by molar-refractivity contribution is 6.30. The summed E-state index contributed by atoms with van der Waals surface area (Å²) in [5.41, 5.74) is 2.69. The lowest BCUT2D eigenvalue weighted by Crippen LogP contribution is -2.37. The van der Waals surface area contributed by atoms with Crippen molar-refractivity contribution >= 4 is 17.6 Å². The van der Waals surface area contributed by atoms with E-state index in [0.29, 0.717) is 18.1 Å². The molecule has 0 aliphatic heterocycles. The molecule has 2 aromatic carbocycles. The fourth-order valence-electron chi connectivity index (χ4n) is 2.28. The third kappa shape index (κ3) is 5.53. The van der Waals surface area contributed by atoms with Gasteiger partial charge in [0.1, 0.15) is 0 Å². The van der Waals surface area contributed by atoms with Gasteiger partial charge in [0.25, 0.3) is 0 Å². The smallest absolute Gasteiger partial charge is 0.315 e. The molecule has 0 aliphatic carbocycles. The van der Waals surface area contributed by atoms with Crippen LogP contribution in [0.4, 0.5) is 4.79 Å². The maximum Gasteiger partial charge on any atom is 0.315 e. The van der Waals surface area contributed by atoms with Gasteiger partial charge >= 0.3 is 6.03 Å². The molecule has 0 aliphatic rings. The van der Waals surface area contributed by atoms with E-state index >= 15 is 0 Å². The average Bonchev–Trinajstić information content (AvgIpc) is 2.62. The standard InChI is InChI=1S/C18H21ClN2O3/c1-24-17(15-5-7-16(19)8-6-15)11-21-18(23)20-10-13-3-2-4-14(9-13)12-22/h2-9,17,22H,10-12H2,1H3,(H2,20,21,23)/t17-/m0/s1. The maximum atomic E-state index is 11.9. The number of methoxy groups -OCH3 is 1. The Morgan fingerprint density at radius 2 is 1.88 bits per heavy atom. The Morgan fingerprint density at radius 3 is 2.54 bits per heavy atom. The number of ether oxygens (including phenoxy) is 1. The van der Waals surface area contributed by atoms with Crippen molar-refractivity contribution in [2.45, 2.75) is 19.3 Å². The Bertz CT molecular complexity index is 662. The highest BCUT2D eigenvalue weighted by Gasteiger charge is 2.12. The minimum atomic E-state index is -0.277. The van der Waals surface area contributed by atoms with Gasteiger partial charge in [-0.3, -0.25) is 0 Å². The molecule has 0 saturated carbocycles. The topological polar surface area (TPSA) is 70.6 Å². The van der Waals surface area contributed by atoms with Crippen LogP contribution in [0.3, 0.4) is 0 Å². The Morgan fingerprint density at radius 1 is 1.17 bits per heavy atom. The third-order valence-corrected chi connectivity index (χ3v) is 3.85. The Hall–Kier alpha value is -2.08.